The number of carbonyl (C=O) groups is 2. The second-order valence-corrected chi connectivity index (χ2v) is 8.25. The first-order valence-electron chi connectivity index (χ1n) is 10.8. The summed E-state index contributed by atoms with van der Waals surface area (Å²) < 4.78 is 5.39. The highest BCUT2D eigenvalue weighted by Gasteiger charge is 2.50. The average molecular weight is 456 g/mol. The predicted octanol–water partition coefficient (Wildman–Crippen LogP) is 3.05. The number of likely N-dealkylation sites (tertiary alicyclic amines) is 1. The van der Waals surface area contributed by atoms with Crippen LogP contribution < -0.4 is 10.6 Å². The number of thiocarbonyl (C=S) groups is 1. The Morgan fingerprint density at radius 2 is 1.81 bits per heavy atom. The van der Waals surface area contributed by atoms with E-state index in [2.05, 4.69) is 10.6 Å². The smallest absolute Gasteiger partial charge is 0.409 e. The minimum Gasteiger partial charge on any atom is -0.449 e. The van der Waals surface area contributed by atoms with E-state index in [-0.39, 0.29) is 30.1 Å². The minimum atomic E-state index is -0.874. The molecule has 2 aromatic rings. The van der Waals surface area contributed by atoms with Crippen molar-refractivity contribution >= 4 is 29.3 Å². The Morgan fingerprint density at radius 1 is 1.16 bits per heavy atom. The van der Waals surface area contributed by atoms with Gasteiger partial charge in [-0.05, 0) is 36.3 Å². The zero-order chi connectivity index (χ0) is 23.0. The van der Waals surface area contributed by atoms with Crippen molar-refractivity contribution in [2.45, 2.75) is 25.3 Å². The Hall–Kier alpha value is -2.97. The van der Waals surface area contributed by atoms with Crippen molar-refractivity contribution in [1.82, 2.24) is 15.5 Å². The summed E-state index contributed by atoms with van der Waals surface area (Å²) in [5.74, 6) is -0.684. The summed E-state index contributed by atoms with van der Waals surface area (Å²) in [5, 5.41) is 16.3. The lowest BCUT2D eigenvalue weighted by Gasteiger charge is -2.36. The molecular formula is C24H29N3O4S. The van der Waals surface area contributed by atoms with Gasteiger partial charge in [-0.1, -0.05) is 61.9 Å². The molecule has 0 spiro atoms. The number of nitrogens with zero attached hydrogens (tertiary/aromatic N) is 1. The molecular weight excluding hydrogens is 426 g/mol. The first-order chi connectivity index (χ1) is 15.5. The first kappa shape index (κ1) is 23.7. The number of benzene rings is 2. The van der Waals surface area contributed by atoms with Crippen LogP contribution in [-0.4, -0.2) is 53.4 Å². The van der Waals surface area contributed by atoms with Crippen LogP contribution >= 0.6 is 12.2 Å². The molecule has 0 saturated carbocycles. The minimum absolute atomic E-state index is 0.127. The molecule has 2 aromatic carbocycles. The van der Waals surface area contributed by atoms with Crippen LogP contribution in [0.5, 0.6) is 0 Å². The maximum Gasteiger partial charge on any atom is 0.409 e. The number of nitrogens with one attached hydrogen (secondary N) is 2. The normalized spacial score (nSPS) is 19.9. The highest BCUT2D eigenvalue weighted by molar-refractivity contribution is 7.80. The molecule has 0 radical (unpaired) electrons. The van der Waals surface area contributed by atoms with Gasteiger partial charge in [0.2, 0.25) is 0 Å². The third kappa shape index (κ3) is 5.44. The molecule has 0 bridgehead atoms. The van der Waals surface area contributed by atoms with E-state index < -0.39 is 11.6 Å². The lowest BCUT2D eigenvalue weighted by atomic mass is 9.81. The molecule has 1 heterocycles. The highest BCUT2D eigenvalue weighted by Crippen LogP contribution is 2.37. The number of carbonyl (C=O) groups excluding carboxylic acids is 2. The second-order valence-electron chi connectivity index (χ2n) is 7.84. The Kier molecular flexibility index (Phi) is 8.19. The van der Waals surface area contributed by atoms with E-state index in [0.29, 0.717) is 18.7 Å². The standard InChI is InChI=1S/C24H29N3O4S/c1-2-3-14-31-23(30)27-15-20(16-28)24(17-27,19-12-8-5-9-13-19)26-22(32)25-21(29)18-10-6-4-7-11-18/h4-13,20,28H,2-3,14-17H2,1H3,(H2,25,26,29,32). The summed E-state index contributed by atoms with van der Waals surface area (Å²) in [6.45, 7) is 2.76. The van der Waals surface area contributed by atoms with Gasteiger partial charge in [0.15, 0.2) is 5.11 Å². The fraction of sp³-hybridized carbons (Fsp3) is 0.375. The van der Waals surface area contributed by atoms with Crippen LogP contribution in [0, 0.1) is 5.92 Å². The molecule has 1 aliphatic rings. The Bertz CT molecular complexity index is 925. The third-order valence-electron chi connectivity index (χ3n) is 5.67. The number of amides is 2. The topological polar surface area (TPSA) is 90.9 Å². The van der Waals surface area contributed by atoms with Crippen molar-refractivity contribution in [3.63, 3.8) is 0 Å². The van der Waals surface area contributed by atoms with Gasteiger partial charge in [0.05, 0.1) is 25.3 Å². The molecule has 7 nitrogen and oxygen atoms in total. The largest absolute Gasteiger partial charge is 0.449 e. The number of hydrogen-bond acceptors (Lipinski definition) is 5. The summed E-state index contributed by atoms with van der Waals surface area (Å²) >= 11 is 5.47. The Labute approximate surface area is 193 Å². The molecule has 32 heavy (non-hydrogen) atoms. The van der Waals surface area contributed by atoms with Crippen LogP contribution in [0.25, 0.3) is 0 Å². The zero-order valence-corrected chi connectivity index (χ0v) is 18.9. The highest BCUT2D eigenvalue weighted by atomic mass is 32.1. The number of aliphatic hydroxyl groups excluding tert-OH is 1. The molecule has 170 valence electrons. The molecule has 8 heteroatoms. The zero-order valence-electron chi connectivity index (χ0n) is 18.1. The molecule has 1 aliphatic heterocycles. The predicted molar refractivity (Wildman–Crippen MR) is 126 cm³/mol. The van der Waals surface area contributed by atoms with Gasteiger partial charge in [0, 0.05) is 18.0 Å². The fourth-order valence-corrected chi connectivity index (χ4v) is 4.21. The number of hydrogen-bond donors (Lipinski definition) is 3. The van der Waals surface area contributed by atoms with Crippen molar-refractivity contribution in [3.05, 3.63) is 71.8 Å². The van der Waals surface area contributed by atoms with Crippen molar-refractivity contribution in [1.29, 1.82) is 0 Å². The lowest BCUT2D eigenvalue weighted by molar-refractivity contribution is 0.0973. The Morgan fingerprint density at radius 3 is 2.44 bits per heavy atom. The van der Waals surface area contributed by atoms with Crippen LogP contribution in [0.15, 0.2) is 60.7 Å². The van der Waals surface area contributed by atoms with Crippen molar-refractivity contribution in [2.75, 3.05) is 26.3 Å². The molecule has 1 saturated heterocycles. The van der Waals surface area contributed by atoms with Crippen LogP contribution in [-0.2, 0) is 10.3 Å². The quantitative estimate of drug-likeness (QED) is 0.439. The molecule has 2 atom stereocenters. The van der Waals surface area contributed by atoms with E-state index in [4.69, 9.17) is 17.0 Å². The van der Waals surface area contributed by atoms with Gasteiger partial charge in [0.1, 0.15) is 0 Å². The molecule has 3 N–H and O–H groups in total. The summed E-state index contributed by atoms with van der Waals surface area (Å²) in [7, 11) is 0. The lowest BCUT2D eigenvalue weighted by Crippen LogP contribution is -2.56. The number of aliphatic hydroxyl groups is 1. The maximum atomic E-state index is 12.6. The molecule has 0 aromatic heterocycles. The van der Waals surface area contributed by atoms with Gasteiger partial charge in [-0.25, -0.2) is 4.79 Å². The van der Waals surface area contributed by atoms with E-state index in [0.717, 1.165) is 18.4 Å². The molecule has 2 amide bonds. The number of ether oxygens (including phenoxy) is 1. The fourth-order valence-electron chi connectivity index (χ4n) is 3.94. The Balaban J connectivity index is 1.82. The van der Waals surface area contributed by atoms with Crippen LogP contribution in [0.3, 0.4) is 0 Å². The summed E-state index contributed by atoms with van der Waals surface area (Å²) in [4.78, 5) is 26.8. The average Bonchev–Trinajstić information content (AvgIpc) is 3.19. The van der Waals surface area contributed by atoms with Gasteiger partial charge < -0.3 is 20.1 Å². The van der Waals surface area contributed by atoms with Crippen LogP contribution in [0.2, 0.25) is 0 Å². The third-order valence-corrected chi connectivity index (χ3v) is 5.87. The van der Waals surface area contributed by atoms with E-state index in [1.165, 1.54) is 0 Å². The van der Waals surface area contributed by atoms with Crippen molar-refractivity contribution < 1.29 is 19.4 Å². The summed E-state index contributed by atoms with van der Waals surface area (Å²) in [5.41, 5.74) is 0.469. The summed E-state index contributed by atoms with van der Waals surface area (Å²) in [6.07, 6.45) is 1.30. The molecule has 1 fully saturated rings. The van der Waals surface area contributed by atoms with Gasteiger partial charge >= 0.3 is 6.09 Å². The number of unbranched alkanes of at least 4 members (excludes halogenated alkanes) is 1. The van der Waals surface area contributed by atoms with E-state index >= 15 is 0 Å². The van der Waals surface area contributed by atoms with E-state index in [1.54, 1.807) is 29.2 Å². The van der Waals surface area contributed by atoms with Crippen molar-refractivity contribution in [2.24, 2.45) is 5.92 Å². The van der Waals surface area contributed by atoms with Crippen LogP contribution in [0.1, 0.15) is 35.7 Å². The van der Waals surface area contributed by atoms with Gasteiger partial charge in [0.25, 0.3) is 5.91 Å². The van der Waals surface area contributed by atoms with Crippen LogP contribution in [0.4, 0.5) is 4.79 Å². The number of rotatable bonds is 7. The maximum absolute atomic E-state index is 12.6. The first-order valence-corrected chi connectivity index (χ1v) is 11.2. The molecule has 2 unspecified atom stereocenters. The van der Waals surface area contributed by atoms with Gasteiger partial charge in [-0.15, -0.1) is 0 Å². The SMILES string of the molecule is CCCCOC(=O)N1CC(CO)C(NC(=S)NC(=O)c2ccccc2)(c2ccccc2)C1. The summed E-state index contributed by atoms with van der Waals surface area (Å²) in [6, 6.07) is 18.3. The second kappa shape index (κ2) is 11.1. The van der Waals surface area contributed by atoms with Gasteiger partial charge in [-0.2, -0.15) is 0 Å². The van der Waals surface area contributed by atoms with E-state index in [9.17, 15) is 14.7 Å². The van der Waals surface area contributed by atoms with Crippen molar-refractivity contribution in [3.8, 4) is 0 Å². The monoisotopic (exact) mass is 455 g/mol. The van der Waals surface area contributed by atoms with Gasteiger partial charge in [-0.3, -0.25) is 10.1 Å². The van der Waals surface area contributed by atoms with E-state index in [1.807, 2.05) is 43.3 Å². The molecule has 0 aliphatic carbocycles. The molecule has 3 rings (SSSR count).